The lowest BCUT2D eigenvalue weighted by Crippen LogP contribution is -2.32. The van der Waals surface area contributed by atoms with Crippen molar-refractivity contribution < 1.29 is 17.5 Å². The number of hydrazone groups is 1. The Balaban J connectivity index is 1.86. The average molecular weight is 382 g/mol. The van der Waals surface area contributed by atoms with Crippen molar-refractivity contribution in [3.8, 4) is 0 Å². The van der Waals surface area contributed by atoms with E-state index in [1.807, 2.05) is 60.4 Å². The van der Waals surface area contributed by atoms with Crippen molar-refractivity contribution in [2.75, 3.05) is 17.8 Å². The molecule has 0 amide bonds. The second-order valence-corrected chi connectivity index (χ2v) is 7.54. The van der Waals surface area contributed by atoms with Gasteiger partial charge < -0.3 is 4.55 Å². The summed E-state index contributed by atoms with van der Waals surface area (Å²) in [5.41, 5.74) is 1.87. The summed E-state index contributed by atoms with van der Waals surface area (Å²) >= 11 is 5.87. The van der Waals surface area contributed by atoms with Crippen LogP contribution in [0.2, 0.25) is 5.02 Å². The van der Waals surface area contributed by atoms with Gasteiger partial charge in [0.25, 0.3) is 0 Å². The highest BCUT2D eigenvalue weighted by molar-refractivity contribution is 7.85. The van der Waals surface area contributed by atoms with Crippen LogP contribution in [0.5, 0.6) is 0 Å². The standard InChI is InChI=1S/C17H20ClN3O3S/c1-20(17-6-4-16(18)5-7-17)19-14-15-8-11-21(12-9-15)10-2-3-13-25(22,23)24/h4-9,11-12,14H,2-3,10,13H2,1H3. The van der Waals surface area contributed by atoms with E-state index in [2.05, 4.69) is 5.10 Å². The van der Waals surface area contributed by atoms with Crippen LogP contribution >= 0.6 is 11.6 Å². The molecule has 0 saturated heterocycles. The Labute approximate surface area is 153 Å². The van der Waals surface area contributed by atoms with Crippen molar-refractivity contribution in [1.29, 1.82) is 0 Å². The molecule has 134 valence electrons. The zero-order valence-electron chi connectivity index (χ0n) is 13.9. The highest BCUT2D eigenvalue weighted by Crippen LogP contribution is 2.16. The predicted octanol–water partition coefficient (Wildman–Crippen LogP) is 2.42. The summed E-state index contributed by atoms with van der Waals surface area (Å²) in [5.74, 6) is -0.310. The Morgan fingerprint density at radius 2 is 1.80 bits per heavy atom. The van der Waals surface area contributed by atoms with Gasteiger partial charge in [0.15, 0.2) is 12.4 Å². The molecule has 0 spiro atoms. The molecule has 0 atom stereocenters. The Hall–Kier alpha value is -1.96. The summed E-state index contributed by atoms with van der Waals surface area (Å²) in [5, 5.41) is 6.81. The van der Waals surface area contributed by atoms with Gasteiger partial charge in [0, 0.05) is 41.9 Å². The van der Waals surface area contributed by atoms with Crippen LogP contribution in [0.1, 0.15) is 18.4 Å². The third-order valence-corrected chi connectivity index (χ3v) is 4.60. The third-order valence-electron chi connectivity index (χ3n) is 3.56. The molecule has 0 aliphatic carbocycles. The lowest BCUT2D eigenvalue weighted by atomic mass is 10.3. The smallest absolute Gasteiger partial charge is 0.169 e. The van der Waals surface area contributed by atoms with Gasteiger partial charge in [-0.2, -0.15) is 5.10 Å². The van der Waals surface area contributed by atoms with Crippen molar-refractivity contribution in [3.63, 3.8) is 0 Å². The van der Waals surface area contributed by atoms with Crippen LogP contribution < -0.4 is 9.58 Å². The molecular formula is C17H20ClN3O3S. The van der Waals surface area contributed by atoms with E-state index in [0.717, 1.165) is 11.3 Å². The van der Waals surface area contributed by atoms with Crippen LogP contribution in [0.15, 0.2) is 53.9 Å². The van der Waals surface area contributed by atoms with E-state index in [1.165, 1.54) is 0 Å². The number of hydrogen-bond donors (Lipinski definition) is 0. The van der Waals surface area contributed by atoms with Crippen molar-refractivity contribution in [2.24, 2.45) is 5.10 Å². The molecular weight excluding hydrogens is 362 g/mol. The Kier molecular flexibility index (Phi) is 6.92. The number of pyridine rings is 1. The predicted molar refractivity (Wildman–Crippen MR) is 97.9 cm³/mol. The second kappa shape index (κ2) is 8.94. The minimum Gasteiger partial charge on any atom is -0.748 e. The van der Waals surface area contributed by atoms with Gasteiger partial charge in [0.05, 0.1) is 22.0 Å². The van der Waals surface area contributed by atoms with Crippen LogP contribution in [0, 0.1) is 0 Å². The molecule has 0 saturated carbocycles. The minimum atomic E-state index is -4.11. The largest absolute Gasteiger partial charge is 0.748 e. The molecule has 1 heterocycles. The molecule has 2 rings (SSSR count). The molecule has 0 N–H and O–H groups in total. The number of rotatable bonds is 8. The van der Waals surface area contributed by atoms with E-state index >= 15 is 0 Å². The van der Waals surface area contributed by atoms with Crippen LogP contribution in [-0.4, -0.2) is 32.0 Å². The fourth-order valence-corrected chi connectivity index (χ4v) is 2.84. The molecule has 0 aliphatic rings. The summed E-state index contributed by atoms with van der Waals surface area (Å²) in [4.78, 5) is 0. The molecule has 0 radical (unpaired) electrons. The number of anilines is 1. The van der Waals surface area contributed by atoms with Gasteiger partial charge in [-0.15, -0.1) is 0 Å². The molecule has 1 aromatic heterocycles. The number of halogens is 1. The Morgan fingerprint density at radius 3 is 2.40 bits per heavy atom. The third kappa shape index (κ3) is 7.21. The molecule has 2 aromatic rings. The molecule has 25 heavy (non-hydrogen) atoms. The highest BCUT2D eigenvalue weighted by Gasteiger charge is 2.02. The van der Waals surface area contributed by atoms with Crippen LogP contribution in [0.3, 0.4) is 0 Å². The maximum absolute atomic E-state index is 10.5. The molecule has 0 bridgehead atoms. The molecule has 0 unspecified atom stereocenters. The Morgan fingerprint density at radius 1 is 1.16 bits per heavy atom. The van der Waals surface area contributed by atoms with E-state index in [4.69, 9.17) is 11.6 Å². The summed E-state index contributed by atoms with van der Waals surface area (Å²) in [6.07, 6.45) is 6.56. The first-order valence-corrected chi connectivity index (χ1v) is 9.75. The van der Waals surface area contributed by atoms with Crippen LogP contribution in [0.25, 0.3) is 0 Å². The first-order chi connectivity index (χ1) is 11.8. The maximum Gasteiger partial charge on any atom is 0.169 e. The normalized spacial score (nSPS) is 11.8. The van der Waals surface area contributed by atoms with Gasteiger partial charge in [0.1, 0.15) is 6.54 Å². The number of aromatic nitrogens is 1. The van der Waals surface area contributed by atoms with E-state index in [1.54, 1.807) is 11.2 Å². The van der Waals surface area contributed by atoms with E-state index in [-0.39, 0.29) is 5.75 Å². The number of aryl methyl sites for hydroxylation is 1. The molecule has 0 fully saturated rings. The van der Waals surface area contributed by atoms with E-state index < -0.39 is 10.1 Å². The maximum atomic E-state index is 10.5. The quantitative estimate of drug-likeness (QED) is 0.231. The van der Waals surface area contributed by atoms with E-state index in [0.29, 0.717) is 24.4 Å². The van der Waals surface area contributed by atoms with Crippen LogP contribution in [0.4, 0.5) is 5.69 Å². The monoisotopic (exact) mass is 381 g/mol. The van der Waals surface area contributed by atoms with Gasteiger partial charge in [0.2, 0.25) is 0 Å². The molecule has 0 aliphatic heterocycles. The number of nitrogens with zero attached hydrogens (tertiary/aromatic N) is 3. The van der Waals surface area contributed by atoms with Gasteiger partial charge in [-0.05, 0) is 30.7 Å². The van der Waals surface area contributed by atoms with Gasteiger partial charge in [-0.1, -0.05) is 11.6 Å². The fourth-order valence-electron chi connectivity index (χ4n) is 2.15. The fraction of sp³-hybridized carbons (Fsp3) is 0.294. The van der Waals surface area contributed by atoms with Gasteiger partial charge in [-0.3, -0.25) is 5.01 Å². The molecule has 8 heteroatoms. The first-order valence-electron chi connectivity index (χ1n) is 7.79. The number of hydrogen-bond acceptors (Lipinski definition) is 5. The van der Waals surface area contributed by atoms with Crippen molar-refractivity contribution in [3.05, 3.63) is 59.4 Å². The zero-order chi connectivity index (χ0) is 18.3. The lowest BCUT2D eigenvalue weighted by molar-refractivity contribution is -0.697. The lowest BCUT2D eigenvalue weighted by Gasteiger charge is -2.12. The van der Waals surface area contributed by atoms with Gasteiger partial charge in [-0.25, -0.2) is 13.0 Å². The topological polar surface area (TPSA) is 76.7 Å². The zero-order valence-corrected chi connectivity index (χ0v) is 15.4. The number of benzene rings is 1. The minimum absolute atomic E-state index is 0.310. The molecule has 1 aromatic carbocycles. The summed E-state index contributed by atoms with van der Waals surface area (Å²) in [6.45, 7) is 0.664. The van der Waals surface area contributed by atoms with E-state index in [9.17, 15) is 13.0 Å². The van der Waals surface area contributed by atoms with Crippen molar-refractivity contribution >= 4 is 33.6 Å². The highest BCUT2D eigenvalue weighted by atomic mass is 35.5. The summed E-state index contributed by atoms with van der Waals surface area (Å²) in [7, 11) is -2.26. The summed E-state index contributed by atoms with van der Waals surface area (Å²) < 4.78 is 33.6. The van der Waals surface area contributed by atoms with Crippen molar-refractivity contribution in [1.82, 2.24) is 0 Å². The SMILES string of the molecule is CN(/N=C/c1cc[n+](CCCCS(=O)(=O)[O-])cc1)c1ccc(Cl)cc1. The second-order valence-electron chi connectivity index (χ2n) is 5.58. The average Bonchev–Trinajstić information content (AvgIpc) is 2.57. The summed E-state index contributed by atoms with van der Waals surface area (Å²) in [6, 6.07) is 11.2. The van der Waals surface area contributed by atoms with Crippen LogP contribution in [-0.2, 0) is 16.7 Å². The van der Waals surface area contributed by atoms with Crippen molar-refractivity contribution in [2.45, 2.75) is 19.4 Å². The first kappa shape index (κ1) is 19.4. The number of unbranched alkanes of at least 4 members (excludes halogenated alkanes) is 1. The van der Waals surface area contributed by atoms with Gasteiger partial charge >= 0.3 is 0 Å². The Bertz CT molecular complexity index is 806. The molecule has 6 nitrogen and oxygen atoms in total.